The van der Waals surface area contributed by atoms with Gasteiger partial charge in [-0.15, -0.1) is 24.0 Å². The van der Waals surface area contributed by atoms with Crippen LogP contribution in [0, 0.1) is 13.8 Å². The molecule has 2 heterocycles. The highest BCUT2D eigenvalue weighted by Crippen LogP contribution is 2.13. The first kappa shape index (κ1) is 19.5. The predicted octanol–water partition coefficient (Wildman–Crippen LogP) is 2.51. The summed E-state index contributed by atoms with van der Waals surface area (Å²) in [5.41, 5.74) is 2.21. The van der Waals surface area contributed by atoms with Crippen molar-refractivity contribution in [3.05, 3.63) is 41.5 Å². The Hall–Kier alpha value is -1.51. The van der Waals surface area contributed by atoms with Gasteiger partial charge in [0.05, 0.1) is 5.69 Å². The number of guanidine groups is 1. The Kier molecular flexibility index (Phi) is 8.75. The number of aryl methyl sites for hydroxylation is 2. The van der Waals surface area contributed by atoms with E-state index in [-0.39, 0.29) is 24.0 Å². The molecule has 2 N–H and O–H groups in total. The largest absolute Gasteiger partial charge is 0.361 e. The summed E-state index contributed by atoms with van der Waals surface area (Å²) in [7, 11) is 1.79. The molecule has 2 aromatic heterocycles. The molecule has 0 saturated carbocycles. The zero-order chi connectivity index (χ0) is 15.8. The Bertz CT molecular complexity index is 572. The monoisotopic (exact) mass is 431 g/mol. The van der Waals surface area contributed by atoms with Crippen molar-refractivity contribution in [2.45, 2.75) is 33.2 Å². The third-order valence-corrected chi connectivity index (χ3v) is 3.63. The van der Waals surface area contributed by atoms with Crippen molar-refractivity contribution < 1.29 is 4.52 Å². The maximum Gasteiger partial charge on any atom is 0.191 e. The maximum absolute atomic E-state index is 5.17. The van der Waals surface area contributed by atoms with Gasteiger partial charge in [-0.3, -0.25) is 4.99 Å². The lowest BCUT2D eigenvalue weighted by Crippen LogP contribution is -2.39. The molecule has 0 aliphatic rings. The summed E-state index contributed by atoms with van der Waals surface area (Å²) in [6.07, 6.45) is 6.10. The lowest BCUT2D eigenvalue weighted by Gasteiger charge is -2.12. The number of rotatable bonds is 7. The van der Waals surface area contributed by atoms with Crippen molar-refractivity contribution in [2.24, 2.45) is 4.99 Å². The van der Waals surface area contributed by atoms with E-state index < -0.39 is 0 Å². The topological polar surface area (TPSA) is 67.4 Å². The number of hydrogen-bond donors (Lipinski definition) is 2. The van der Waals surface area contributed by atoms with Gasteiger partial charge < -0.3 is 19.7 Å². The van der Waals surface area contributed by atoms with E-state index in [0.29, 0.717) is 0 Å². The van der Waals surface area contributed by atoms with Crippen molar-refractivity contribution in [2.75, 3.05) is 20.1 Å². The zero-order valence-corrected chi connectivity index (χ0v) is 16.3. The van der Waals surface area contributed by atoms with Gasteiger partial charge in [0.25, 0.3) is 0 Å². The molecule has 2 aromatic rings. The van der Waals surface area contributed by atoms with Crippen molar-refractivity contribution >= 4 is 29.9 Å². The molecule has 0 atom stereocenters. The Morgan fingerprint density at radius 3 is 2.52 bits per heavy atom. The average molecular weight is 431 g/mol. The summed E-state index contributed by atoms with van der Waals surface area (Å²) in [4.78, 5) is 4.23. The minimum absolute atomic E-state index is 0. The zero-order valence-electron chi connectivity index (χ0n) is 14.0. The first-order chi connectivity index (χ1) is 10.7. The summed E-state index contributed by atoms with van der Waals surface area (Å²) in [6.45, 7) is 6.59. The van der Waals surface area contributed by atoms with Crippen molar-refractivity contribution in [3.63, 3.8) is 0 Å². The SMILES string of the molecule is CN=C(NCCCc1c(C)noc1C)NCCn1cccc1.I. The fraction of sp³-hybridized carbons (Fsp3) is 0.500. The van der Waals surface area contributed by atoms with Crippen LogP contribution in [0.15, 0.2) is 34.0 Å². The molecule has 0 radical (unpaired) electrons. The number of aromatic nitrogens is 2. The van der Waals surface area contributed by atoms with Gasteiger partial charge in [-0.25, -0.2) is 0 Å². The highest BCUT2D eigenvalue weighted by molar-refractivity contribution is 14.0. The standard InChI is InChI=1S/C16H25N5O.HI/c1-13-15(14(2)22-20-13)7-6-8-18-16(17-3)19-9-12-21-10-4-5-11-21;/h4-5,10-11H,6-9,12H2,1-3H3,(H2,17,18,19);1H. The molecule has 23 heavy (non-hydrogen) atoms. The van der Waals surface area contributed by atoms with E-state index in [1.807, 2.05) is 26.0 Å². The normalized spacial score (nSPS) is 11.2. The smallest absolute Gasteiger partial charge is 0.191 e. The van der Waals surface area contributed by atoms with E-state index in [0.717, 1.165) is 49.9 Å². The van der Waals surface area contributed by atoms with Gasteiger partial charge in [0.2, 0.25) is 0 Å². The summed E-state index contributed by atoms with van der Waals surface area (Å²) in [5.74, 6) is 1.76. The van der Waals surface area contributed by atoms with Crippen LogP contribution >= 0.6 is 24.0 Å². The molecule has 2 rings (SSSR count). The fourth-order valence-electron chi connectivity index (χ4n) is 2.37. The Labute approximate surface area is 154 Å². The third-order valence-electron chi connectivity index (χ3n) is 3.63. The van der Waals surface area contributed by atoms with E-state index in [1.54, 1.807) is 7.05 Å². The molecule has 0 aromatic carbocycles. The molecular formula is C16H26IN5O. The fourth-order valence-corrected chi connectivity index (χ4v) is 2.37. The van der Waals surface area contributed by atoms with Gasteiger partial charge in [-0.05, 0) is 38.8 Å². The second-order valence-corrected chi connectivity index (χ2v) is 5.25. The molecule has 0 unspecified atom stereocenters. The third kappa shape index (κ3) is 6.25. The van der Waals surface area contributed by atoms with Crippen LogP contribution in [0.2, 0.25) is 0 Å². The highest BCUT2D eigenvalue weighted by atomic mass is 127. The van der Waals surface area contributed by atoms with Gasteiger partial charge in [0.15, 0.2) is 5.96 Å². The van der Waals surface area contributed by atoms with Crippen LogP contribution in [0.1, 0.15) is 23.4 Å². The predicted molar refractivity (Wildman–Crippen MR) is 104 cm³/mol. The van der Waals surface area contributed by atoms with Crippen LogP contribution in [0.3, 0.4) is 0 Å². The summed E-state index contributed by atoms with van der Waals surface area (Å²) in [5, 5.41) is 10.6. The van der Waals surface area contributed by atoms with E-state index in [2.05, 4.69) is 37.7 Å². The van der Waals surface area contributed by atoms with Crippen LogP contribution in [0.25, 0.3) is 0 Å². The van der Waals surface area contributed by atoms with Crippen LogP contribution in [-0.4, -0.2) is 35.8 Å². The number of nitrogens with one attached hydrogen (secondary N) is 2. The van der Waals surface area contributed by atoms with Gasteiger partial charge >= 0.3 is 0 Å². The molecule has 0 aliphatic carbocycles. The van der Waals surface area contributed by atoms with Gasteiger partial charge in [-0.2, -0.15) is 0 Å². The number of hydrogen-bond acceptors (Lipinski definition) is 3. The molecule has 6 nitrogen and oxygen atoms in total. The molecule has 128 valence electrons. The molecule has 0 spiro atoms. The van der Waals surface area contributed by atoms with Gasteiger partial charge in [0.1, 0.15) is 5.76 Å². The van der Waals surface area contributed by atoms with Crippen molar-refractivity contribution in [3.8, 4) is 0 Å². The summed E-state index contributed by atoms with van der Waals surface area (Å²) >= 11 is 0. The molecule has 0 bridgehead atoms. The number of nitrogens with zero attached hydrogens (tertiary/aromatic N) is 3. The first-order valence-corrected chi connectivity index (χ1v) is 7.67. The van der Waals surface area contributed by atoms with E-state index in [4.69, 9.17) is 4.52 Å². The molecular weight excluding hydrogens is 405 g/mol. The molecule has 0 fully saturated rings. The van der Waals surface area contributed by atoms with E-state index >= 15 is 0 Å². The van der Waals surface area contributed by atoms with Crippen molar-refractivity contribution in [1.29, 1.82) is 0 Å². The Balaban J connectivity index is 0.00000264. The Morgan fingerprint density at radius 1 is 1.22 bits per heavy atom. The number of halogens is 1. The second kappa shape index (κ2) is 10.3. The minimum Gasteiger partial charge on any atom is -0.361 e. The number of aliphatic imine (C=N–C) groups is 1. The molecule has 0 amide bonds. The van der Waals surface area contributed by atoms with E-state index in [9.17, 15) is 0 Å². The first-order valence-electron chi connectivity index (χ1n) is 7.67. The van der Waals surface area contributed by atoms with Crippen LogP contribution < -0.4 is 10.6 Å². The van der Waals surface area contributed by atoms with Crippen LogP contribution in [-0.2, 0) is 13.0 Å². The average Bonchev–Trinajstić information content (AvgIpc) is 3.13. The quantitative estimate of drug-likeness (QED) is 0.306. The maximum atomic E-state index is 5.17. The van der Waals surface area contributed by atoms with Gasteiger partial charge in [-0.1, -0.05) is 5.16 Å². The van der Waals surface area contributed by atoms with Crippen LogP contribution in [0.5, 0.6) is 0 Å². The molecule has 0 saturated heterocycles. The molecule has 7 heteroatoms. The van der Waals surface area contributed by atoms with Gasteiger partial charge in [0, 0.05) is 44.6 Å². The summed E-state index contributed by atoms with van der Waals surface area (Å²) in [6, 6.07) is 4.06. The lowest BCUT2D eigenvalue weighted by molar-refractivity contribution is 0.392. The Morgan fingerprint density at radius 2 is 1.91 bits per heavy atom. The second-order valence-electron chi connectivity index (χ2n) is 5.25. The summed E-state index contributed by atoms with van der Waals surface area (Å²) < 4.78 is 7.31. The minimum atomic E-state index is 0. The van der Waals surface area contributed by atoms with E-state index in [1.165, 1.54) is 5.56 Å². The van der Waals surface area contributed by atoms with Crippen molar-refractivity contribution in [1.82, 2.24) is 20.4 Å². The molecule has 0 aliphatic heterocycles. The van der Waals surface area contributed by atoms with Crippen LogP contribution in [0.4, 0.5) is 0 Å². The lowest BCUT2D eigenvalue weighted by atomic mass is 10.1. The highest BCUT2D eigenvalue weighted by Gasteiger charge is 2.08.